The Kier molecular flexibility index (Phi) is 23.1. The molecule has 0 aromatic heterocycles. The van der Waals surface area contributed by atoms with Crippen LogP contribution in [0.3, 0.4) is 0 Å². The van der Waals surface area contributed by atoms with E-state index in [-0.39, 0.29) is 0 Å². The molecule has 0 radical (unpaired) electrons. The third-order valence-electron chi connectivity index (χ3n) is 4.54. The number of hydrogen-bond donors (Lipinski definition) is 0. The van der Waals surface area contributed by atoms with E-state index in [2.05, 4.69) is 41.7 Å². The Labute approximate surface area is 165 Å². The van der Waals surface area contributed by atoms with Gasteiger partial charge in [0.25, 0.3) is 0 Å². The molecule has 0 aliphatic heterocycles. The van der Waals surface area contributed by atoms with Gasteiger partial charge in [-0.3, -0.25) is 0 Å². The first kappa shape index (κ1) is 28.2. The summed E-state index contributed by atoms with van der Waals surface area (Å²) in [4.78, 5) is 0. The fourth-order valence-corrected chi connectivity index (χ4v) is 3.19. The SMILES string of the molecule is CCCCO[P+](=O)OCCCC.CCCC[N+](C)(CCCC)CCCC. The van der Waals surface area contributed by atoms with E-state index in [1.807, 2.05) is 0 Å². The molecule has 0 spiro atoms. The summed E-state index contributed by atoms with van der Waals surface area (Å²) in [5, 5.41) is 0. The predicted octanol–water partition coefficient (Wildman–Crippen LogP) is 7.11. The third kappa shape index (κ3) is 20.3. The van der Waals surface area contributed by atoms with Gasteiger partial charge < -0.3 is 4.48 Å². The second kappa shape index (κ2) is 21.3. The minimum absolute atomic E-state index is 0.540. The largest absolute Gasteiger partial charge is 0.697 e. The molecule has 158 valence electrons. The number of hydrogen-bond acceptors (Lipinski definition) is 3. The average molecular weight is 394 g/mol. The van der Waals surface area contributed by atoms with Gasteiger partial charge in [0.2, 0.25) is 0 Å². The summed E-state index contributed by atoms with van der Waals surface area (Å²) in [5.41, 5.74) is 0. The zero-order chi connectivity index (χ0) is 20.1. The van der Waals surface area contributed by atoms with E-state index < -0.39 is 8.25 Å². The monoisotopic (exact) mass is 393 g/mol. The molecule has 0 saturated carbocycles. The molecule has 0 atom stereocenters. The lowest BCUT2D eigenvalue weighted by Gasteiger charge is -2.34. The van der Waals surface area contributed by atoms with E-state index in [4.69, 9.17) is 9.05 Å². The Bertz CT molecular complexity index is 267. The molecule has 0 amide bonds. The normalized spacial score (nSPS) is 11.2. The summed E-state index contributed by atoms with van der Waals surface area (Å²) in [6, 6.07) is 0. The van der Waals surface area contributed by atoms with Gasteiger partial charge in [-0.1, -0.05) is 66.7 Å². The molecule has 5 heteroatoms. The smallest absolute Gasteiger partial charge is 0.326 e. The summed E-state index contributed by atoms with van der Waals surface area (Å²) in [7, 11) is 0.592. The van der Waals surface area contributed by atoms with E-state index in [9.17, 15) is 4.57 Å². The second-order valence-corrected chi connectivity index (χ2v) is 8.41. The maximum absolute atomic E-state index is 10.9. The predicted molar refractivity (Wildman–Crippen MR) is 115 cm³/mol. The van der Waals surface area contributed by atoms with Gasteiger partial charge in [-0.05, 0) is 32.1 Å². The summed E-state index contributed by atoms with van der Waals surface area (Å²) >= 11 is 0. The van der Waals surface area contributed by atoms with E-state index in [1.165, 1.54) is 62.6 Å². The molecule has 0 heterocycles. The van der Waals surface area contributed by atoms with Crippen LogP contribution in [0.15, 0.2) is 0 Å². The molecule has 0 fully saturated rings. The van der Waals surface area contributed by atoms with Crippen LogP contribution in [0, 0.1) is 0 Å². The van der Waals surface area contributed by atoms with Gasteiger partial charge in [0.15, 0.2) is 0 Å². The fraction of sp³-hybridized carbons (Fsp3) is 1.00. The summed E-state index contributed by atoms with van der Waals surface area (Å²) in [5.74, 6) is 0. The van der Waals surface area contributed by atoms with Crippen molar-refractivity contribution in [2.45, 2.75) is 98.8 Å². The van der Waals surface area contributed by atoms with Crippen molar-refractivity contribution in [3.63, 3.8) is 0 Å². The molecule has 0 N–H and O–H groups in total. The van der Waals surface area contributed by atoms with E-state index in [0.29, 0.717) is 13.2 Å². The van der Waals surface area contributed by atoms with Crippen LogP contribution in [-0.2, 0) is 13.6 Å². The molecule has 0 unspecified atom stereocenters. The number of unbranched alkanes of at least 4 members (excludes halogenated alkanes) is 5. The topological polar surface area (TPSA) is 35.5 Å². The molecule has 4 nitrogen and oxygen atoms in total. The Morgan fingerprint density at radius 1 is 0.615 bits per heavy atom. The highest BCUT2D eigenvalue weighted by molar-refractivity contribution is 7.33. The lowest BCUT2D eigenvalue weighted by atomic mass is 10.2. The first-order valence-electron chi connectivity index (χ1n) is 11.1. The van der Waals surface area contributed by atoms with Crippen LogP contribution >= 0.6 is 8.25 Å². The lowest BCUT2D eigenvalue weighted by Crippen LogP contribution is -2.46. The number of nitrogens with zero attached hydrogens (tertiary/aromatic N) is 1. The van der Waals surface area contributed by atoms with Gasteiger partial charge in [0.1, 0.15) is 13.2 Å². The van der Waals surface area contributed by atoms with E-state index >= 15 is 0 Å². The molecule has 0 aliphatic rings. The average Bonchev–Trinajstić information content (AvgIpc) is 2.64. The third-order valence-corrected chi connectivity index (χ3v) is 5.33. The molecular formula is C21H48NO3P+2. The zero-order valence-electron chi connectivity index (χ0n) is 18.7. The highest BCUT2D eigenvalue weighted by Gasteiger charge is 2.19. The van der Waals surface area contributed by atoms with Gasteiger partial charge in [0.05, 0.1) is 26.7 Å². The molecule has 26 heavy (non-hydrogen) atoms. The van der Waals surface area contributed by atoms with Crippen LogP contribution in [0.5, 0.6) is 0 Å². The van der Waals surface area contributed by atoms with Crippen molar-refractivity contribution in [1.29, 1.82) is 0 Å². The van der Waals surface area contributed by atoms with Crippen LogP contribution in [0.1, 0.15) is 98.8 Å². The quantitative estimate of drug-likeness (QED) is 0.150. The lowest BCUT2D eigenvalue weighted by molar-refractivity contribution is -0.910. The van der Waals surface area contributed by atoms with Crippen LogP contribution in [0.25, 0.3) is 0 Å². The standard InChI is InChI=1S/C13H30N.C8H18O3P/c1-5-8-11-14(4,12-9-6-2)13-10-7-3;1-3-5-7-10-12(9)11-8-6-4-2/h5-13H2,1-4H3;3-8H2,1-2H3/q2*+1. The van der Waals surface area contributed by atoms with Crippen LogP contribution in [0.2, 0.25) is 0 Å². The van der Waals surface area contributed by atoms with Crippen molar-refractivity contribution < 1.29 is 18.1 Å². The van der Waals surface area contributed by atoms with Gasteiger partial charge >= 0.3 is 8.25 Å². The van der Waals surface area contributed by atoms with Gasteiger partial charge in [0, 0.05) is 4.57 Å². The summed E-state index contributed by atoms with van der Waals surface area (Å²) in [6.07, 6.45) is 12.2. The Morgan fingerprint density at radius 3 is 1.19 bits per heavy atom. The van der Waals surface area contributed by atoms with Crippen LogP contribution < -0.4 is 0 Å². The van der Waals surface area contributed by atoms with Crippen LogP contribution in [0.4, 0.5) is 0 Å². The molecule has 0 saturated heterocycles. The number of quaternary nitrogens is 1. The fourth-order valence-electron chi connectivity index (χ4n) is 2.56. The van der Waals surface area contributed by atoms with Gasteiger partial charge in [-0.2, -0.15) is 0 Å². The minimum atomic E-state index is -1.85. The van der Waals surface area contributed by atoms with Gasteiger partial charge in [-0.25, -0.2) is 0 Å². The Hall–Kier alpha value is -0.0200. The molecule has 0 aliphatic carbocycles. The van der Waals surface area contributed by atoms with Crippen molar-refractivity contribution in [1.82, 2.24) is 0 Å². The summed E-state index contributed by atoms with van der Waals surface area (Å²) in [6.45, 7) is 16.2. The second-order valence-electron chi connectivity index (χ2n) is 7.45. The molecule has 0 bridgehead atoms. The van der Waals surface area contributed by atoms with Crippen molar-refractivity contribution in [2.75, 3.05) is 39.9 Å². The Morgan fingerprint density at radius 2 is 0.923 bits per heavy atom. The maximum atomic E-state index is 10.9. The number of rotatable bonds is 17. The van der Waals surface area contributed by atoms with Crippen molar-refractivity contribution in [2.24, 2.45) is 0 Å². The highest BCUT2D eigenvalue weighted by Crippen LogP contribution is 2.24. The molecule has 0 aromatic carbocycles. The van der Waals surface area contributed by atoms with Crippen molar-refractivity contribution in [3.05, 3.63) is 0 Å². The Balaban J connectivity index is 0. The zero-order valence-corrected chi connectivity index (χ0v) is 19.6. The maximum Gasteiger partial charge on any atom is 0.697 e. The minimum Gasteiger partial charge on any atom is -0.326 e. The first-order valence-corrected chi connectivity index (χ1v) is 12.2. The molecular weight excluding hydrogens is 345 g/mol. The van der Waals surface area contributed by atoms with Crippen molar-refractivity contribution in [3.8, 4) is 0 Å². The molecule has 0 aromatic rings. The first-order chi connectivity index (χ1) is 12.5. The summed E-state index contributed by atoms with van der Waals surface area (Å²) < 4.78 is 22.0. The van der Waals surface area contributed by atoms with E-state index in [1.54, 1.807) is 0 Å². The van der Waals surface area contributed by atoms with Crippen LogP contribution in [-0.4, -0.2) is 44.4 Å². The van der Waals surface area contributed by atoms with Gasteiger partial charge in [-0.15, -0.1) is 9.05 Å². The molecule has 0 rings (SSSR count). The highest BCUT2D eigenvalue weighted by atomic mass is 31.1. The van der Waals surface area contributed by atoms with Crippen molar-refractivity contribution >= 4 is 8.25 Å². The van der Waals surface area contributed by atoms with E-state index in [0.717, 1.165) is 25.7 Å².